The van der Waals surface area contributed by atoms with Gasteiger partial charge in [0.2, 0.25) is 0 Å². The minimum Gasteiger partial charge on any atom is -0.370 e. The third-order valence-electron chi connectivity index (χ3n) is 3.73. The molecule has 0 amide bonds. The van der Waals surface area contributed by atoms with Crippen molar-refractivity contribution in [1.82, 2.24) is 16.2 Å². The Morgan fingerprint density at radius 3 is 2.33 bits per heavy atom. The zero-order chi connectivity index (χ0) is 17.4. The molecule has 1 heterocycles. The Hall–Kier alpha value is -1.48. The number of anilines is 1. The standard InChI is InChI=1S/C16H25N5OS2/c1-12-9-13(2)11-14(10-12)18-16(24)20-19-15(23)17-3-4-21-5-7-22-8-6-21/h9-11H,3-8H2,1-2H3,(H2,17,19,23)(H2,18,20,24)/p+1. The van der Waals surface area contributed by atoms with Crippen molar-refractivity contribution in [1.29, 1.82) is 0 Å². The summed E-state index contributed by atoms with van der Waals surface area (Å²) in [4.78, 5) is 1.54. The Balaban J connectivity index is 1.62. The number of rotatable bonds is 4. The van der Waals surface area contributed by atoms with Crippen molar-refractivity contribution in [2.75, 3.05) is 44.7 Å². The van der Waals surface area contributed by atoms with Crippen LogP contribution in [0.1, 0.15) is 11.1 Å². The van der Waals surface area contributed by atoms with E-state index in [0.717, 1.165) is 45.1 Å². The average Bonchev–Trinajstić information content (AvgIpc) is 2.53. The Bertz CT molecular complexity index is 555. The summed E-state index contributed by atoms with van der Waals surface area (Å²) >= 11 is 10.5. The van der Waals surface area contributed by atoms with Crippen molar-refractivity contribution in [3.63, 3.8) is 0 Å². The van der Waals surface area contributed by atoms with Gasteiger partial charge in [0.25, 0.3) is 0 Å². The monoisotopic (exact) mass is 368 g/mol. The lowest BCUT2D eigenvalue weighted by Crippen LogP contribution is -3.14. The summed E-state index contributed by atoms with van der Waals surface area (Å²) in [6.07, 6.45) is 0. The van der Waals surface area contributed by atoms with Crippen LogP contribution in [-0.4, -0.2) is 49.6 Å². The summed E-state index contributed by atoms with van der Waals surface area (Å²) in [6, 6.07) is 6.21. The number of ether oxygens (including phenoxy) is 1. The smallest absolute Gasteiger partial charge is 0.189 e. The fourth-order valence-corrected chi connectivity index (χ4v) is 2.95. The summed E-state index contributed by atoms with van der Waals surface area (Å²) in [5.41, 5.74) is 9.14. The van der Waals surface area contributed by atoms with Crippen LogP contribution < -0.4 is 26.4 Å². The van der Waals surface area contributed by atoms with Gasteiger partial charge in [-0.15, -0.1) is 0 Å². The van der Waals surface area contributed by atoms with Gasteiger partial charge in [-0.05, 0) is 61.5 Å². The van der Waals surface area contributed by atoms with E-state index < -0.39 is 0 Å². The van der Waals surface area contributed by atoms with Crippen LogP contribution in [0.2, 0.25) is 0 Å². The first-order valence-electron chi connectivity index (χ1n) is 8.13. The minimum absolute atomic E-state index is 0.475. The maximum Gasteiger partial charge on any atom is 0.189 e. The van der Waals surface area contributed by atoms with Gasteiger partial charge in [-0.25, -0.2) is 0 Å². The highest BCUT2D eigenvalue weighted by molar-refractivity contribution is 7.80. The summed E-state index contributed by atoms with van der Waals surface area (Å²) < 4.78 is 5.34. The fraction of sp³-hybridized carbons (Fsp3) is 0.500. The van der Waals surface area contributed by atoms with E-state index in [9.17, 15) is 0 Å². The number of hydrogen-bond donors (Lipinski definition) is 5. The van der Waals surface area contributed by atoms with Crippen molar-refractivity contribution in [3.8, 4) is 0 Å². The number of morpholine rings is 1. The van der Waals surface area contributed by atoms with E-state index in [1.807, 2.05) is 12.1 Å². The first kappa shape index (κ1) is 18.9. The Morgan fingerprint density at radius 1 is 1.04 bits per heavy atom. The molecule has 5 N–H and O–H groups in total. The molecule has 8 heteroatoms. The van der Waals surface area contributed by atoms with E-state index in [1.54, 1.807) is 0 Å². The lowest BCUT2D eigenvalue weighted by molar-refractivity contribution is -0.906. The van der Waals surface area contributed by atoms with Gasteiger partial charge in [0.15, 0.2) is 10.2 Å². The van der Waals surface area contributed by atoms with Gasteiger partial charge in [0.05, 0.1) is 26.3 Å². The molecule has 1 aromatic rings. The molecular formula is C16H26N5OS2+. The van der Waals surface area contributed by atoms with E-state index in [1.165, 1.54) is 16.0 Å². The Kier molecular flexibility index (Phi) is 7.64. The Labute approximate surface area is 154 Å². The third kappa shape index (κ3) is 6.96. The largest absolute Gasteiger partial charge is 0.370 e. The summed E-state index contributed by atoms with van der Waals surface area (Å²) in [5.74, 6) is 0. The van der Waals surface area contributed by atoms with Crippen molar-refractivity contribution < 1.29 is 9.64 Å². The molecular weight excluding hydrogens is 342 g/mol. The summed E-state index contributed by atoms with van der Waals surface area (Å²) in [6.45, 7) is 9.77. The SMILES string of the molecule is Cc1cc(C)cc(NC(=S)NNC(=S)NCC[NH+]2CCOCC2)c1. The number of benzene rings is 1. The zero-order valence-electron chi connectivity index (χ0n) is 14.2. The number of hydrazine groups is 1. The van der Waals surface area contributed by atoms with Gasteiger partial charge >= 0.3 is 0 Å². The van der Waals surface area contributed by atoms with E-state index in [0.29, 0.717) is 10.2 Å². The van der Waals surface area contributed by atoms with Crippen LogP contribution in [0.4, 0.5) is 5.69 Å². The number of quaternary nitrogens is 1. The van der Waals surface area contributed by atoms with Crippen molar-refractivity contribution in [3.05, 3.63) is 29.3 Å². The molecule has 0 atom stereocenters. The minimum atomic E-state index is 0.475. The van der Waals surface area contributed by atoms with Crippen LogP contribution in [0.15, 0.2) is 18.2 Å². The first-order valence-corrected chi connectivity index (χ1v) is 8.95. The van der Waals surface area contributed by atoms with Crippen LogP contribution in [0, 0.1) is 13.8 Å². The maximum absolute atomic E-state index is 5.34. The predicted octanol–water partition coefficient (Wildman–Crippen LogP) is -0.116. The second kappa shape index (κ2) is 9.73. The number of nitrogens with one attached hydrogen (secondary N) is 5. The molecule has 0 bridgehead atoms. The second-order valence-electron chi connectivity index (χ2n) is 5.95. The molecule has 6 nitrogen and oxygen atoms in total. The zero-order valence-corrected chi connectivity index (χ0v) is 15.8. The van der Waals surface area contributed by atoms with Crippen LogP contribution in [-0.2, 0) is 4.74 Å². The molecule has 0 radical (unpaired) electrons. The topological polar surface area (TPSA) is 61.8 Å². The molecule has 1 saturated heterocycles. The highest BCUT2D eigenvalue weighted by Gasteiger charge is 2.12. The van der Waals surface area contributed by atoms with Gasteiger partial charge in [0.1, 0.15) is 13.1 Å². The van der Waals surface area contributed by atoms with Crippen LogP contribution in [0.3, 0.4) is 0 Å². The lowest BCUT2D eigenvalue weighted by atomic mass is 10.1. The number of aryl methyl sites for hydroxylation is 2. The average molecular weight is 369 g/mol. The van der Waals surface area contributed by atoms with Gasteiger partial charge in [-0.1, -0.05) is 6.07 Å². The van der Waals surface area contributed by atoms with Crippen molar-refractivity contribution in [2.24, 2.45) is 0 Å². The molecule has 0 spiro atoms. The molecule has 1 fully saturated rings. The lowest BCUT2D eigenvalue weighted by Gasteiger charge is -2.24. The van der Waals surface area contributed by atoms with Gasteiger partial charge in [0, 0.05) is 5.69 Å². The van der Waals surface area contributed by atoms with E-state index in [2.05, 4.69) is 41.4 Å². The maximum atomic E-state index is 5.34. The number of hydrogen-bond acceptors (Lipinski definition) is 3. The molecule has 132 valence electrons. The van der Waals surface area contributed by atoms with E-state index in [4.69, 9.17) is 29.2 Å². The van der Waals surface area contributed by atoms with Crippen molar-refractivity contribution >= 4 is 40.3 Å². The summed E-state index contributed by atoms with van der Waals surface area (Å²) in [5, 5.41) is 7.32. The first-order chi connectivity index (χ1) is 11.5. The molecule has 24 heavy (non-hydrogen) atoms. The van der Waals surface area contributed by atoms with Gasteiger partial charge in [-0.3, -0.25) is 10.9 Å². The summed E-state index contributed by atoms with van der Waals surface area (Å²) in [7, 11) is 0. The highest BCUT2D eigenvalue weighted by atomic mass is 32.1. The number of thiocarbonyl (C=S) groups is 2. The molecule has 0 saturated carbocycles. The van der Waals surface area contributed by atoms with E-state index in [-0.39, 0.29) is 0 Å². The third-order valence-corrected chi connectivity index (χ3v) is 4.18. The molecule has 1 aromatic carbocycles. The second-order valence-corrected chi connectivity index (χ2v) is 6.77. The van der Waals surface area contributed by atoms with E-state index >= 15 is 0 Å². The molecule has 0 aromatic heterocycles. The predicted molar refractivity (Wildman–Crippen MR) is 105 cm³/mol. The Morgan fingerprint density at radius 2 is 1.67 bits per heavy atom. The van der Waals surface area contributed by atoms with Crippen LogP contribution in [0.5, 0.6) is 0 Å². The van der Waals surface area contributed by atoms with Gasteiger partial charge in [-0.2, -0.15) is 0 Å². The molecule has 1 aliphatic heterocycles. The molecule has 0 aliphatic carbocycles. The molecule has 1 aliphatic rings. The van der Waals surface area contributed by atoms with Crippen molar-refractivity contribution in [2.45, 2.75) is 13.8 Å². The van der Waals surface area contributed by atoms with Crippen LogP contribution >= 0.6 is 24.4 Å². The highest BCUT2D eigenvalue weighted by Crippen LogP contribution is 2.13. The fourth-order valence-electron chi connectivity index (χ4n) is 2.63. The van der Waals surface area contributed by atoms with Gasteiger partial charge < -0.3 is 20.3 Å². The quantitative estimate of drug-likeness (QED) is 0.375. The molecule has 2 rings (SSSR count). The van der Waals surface area contributed by atoms with Crippen LogP contribution in [0.25, 0.3) is 0 Å². The normalized spacial score (nSPS) is 14.8. The molecule has 0 unspecified atom stereocenters.